The van der Waals surface area contributed by atoms with Crippen molar-refractivity contribution in [2.75, 3.05) is 45.8 Å². The first-order valence-corrected chi connectivity index (χ1v) is 11.0. The molecule has 27 heavy (non-hydrogen) atoms. The van der Waals surface area contributed by atoms with Crippen molar-refractivity contribution in [1.82, 2.24) is 9.21 Å². The largest absolute Gasteiger partial charge is 0.332 e. The monoisotopic (exact) mass is 390 g/mol. The van der Waals surface area contributed by atoms with E-state index in [2.05, 4.69) is 6.92 Å². The first-order chi connectivity index (χ1) is 13.0. The Morgan fingerprint density at radius 3 is 2.37 bits per heavy atom. The molecule has 0 aliphatic carbocycles. The van der Waals surface area contributed by atoms with E-state index in [1.807, 2.05) is 30.3 Å². The standard InChI is InChI=1S/C20H27N3O3S/c1-3-21-11-13-22(14-12-21)20(24)16-23(4-2)27(25,26)19-10-9-17-7-5-6-8-18(17)15-19/h5-10,15H,3-4,11-14,16H2,1-2H3/p+1. The van der Waals surface area contributed by atoms with Gasteiger partial charge in [0.15, 0.2) is 0 Å². The van der Waals surface area contributed by atoms with Crippen LogP contribution in [0.25, 0.3) is 10.8 Å². The average molecular weight is 391 g/mol. The number of nitrogens with zero attached hydrogens (tertiary/aromatic N) is 2. The number of likely N-dealkylation sites (N-methyl/N-ethyl adjacent to an activating group) is 2. The number of piperazine rings is 1. The topological polar surface area (TPSA) is 62.1 Å². The molecule has 2 aromatic carbocycles. The average Bonchev–Trinajstić information content (AvgIpc) is 2.71. The van der Waals surface area contributed by atoms with Crippen LogP contribution in [0.15, 0.2) is 47.4 Å². The Bertz CT molecular complexity index is 906. The highest BCUT2D eigenvalue weighted by Crippen LogP contribution is 2.22. The second-order valence-corrected chi connectivity index (χ2v) is 8.86. The van der Waals surface area contributed by atoms with E-state index < -0.39 is 10.0 Å². The summed E-state index contributed by atoms with van der Waals surface area (Å²) in [5.74, 6) is -0.114. The van der Waals surface area contributed by atoms with Crippen molar-refractivity contribution < 1.29 is 18.1 Å². The minimum atomic E-state index is -3.71. The Balaban J connectivity index is 1.75. The summed E-state index contributed by atoms with van der Waals surface area (Å²) in [5.41, 5.74) is 0. The molecule has 6 nitrogen and oxygen atoms in total. The number of carbonyl (C=O) groups excluding carboxylic acids is 1. The molecule has 0 spiro atoms. The first-order valence-electron chi connectivity index (χ1n) is 9.56. The Labute approximate surface area is 161 Å². The van der Waals surface area contributed by atoms with Gasteiger partial charge in [0.1, 0.15) is 0 Å². The fraction of sp³-hybridized carbons (Fsp3) is 0.450. The van der Waals surface area contributed by atoms with Crippen molar-refractivity contribution >= 4 is 26.7 Å². The van der Waals surface area contributed by atoms with Gasteiger partial charge in [0.2, 0.25) is 15.9 Å². The maximum atomic E-state index is 13.1. The Morgan fingerprint density at radius 1 is 1.07 bits per heavy atom. The first kappa shape index (κ1) is 19.8. The third kappa shape index (κ3) is 4.31. The van der Waals surface area contributed by atoms with Crippen LogP contribution >= 0.6 is 0 Å². The van der Waals surface area contributed by atoms with E-state index >= 15 is 0 Å². The van der Waals surface area contributed by atoms with Crippen LogP contribution in [0.1, 0.15) is 13.8 Å². The molecule has 0 aromatic heterocycles. The predicted octanol–water partition coefficient (Wildman–Crippen LogP) is 0.597. The number of quaternary nitrogens is 1. The number of carbonyl (C=O) groups is 1. The lowest BCUT2D eigenvalue weighted by Gasteiger charge is -2.32. The summed E-state index contributed by atoms with van der Waals surface area (Å²) in [6.07, 6.45) is 0. The van der Waals surface area contributed by atoms with Crippen LogP contribution in [-0.2, 0) is 14.8 Å². The summed E-state index contributed by atoms with van der Waals surface area (Å²) < 4.78 is 27.4. The van der Waals surface area contributed by atoms with E-state index in [-0.39, 0.29) is 23.9 Å². The quantitative estimate of drug-likeness (QED) is 0.786. The molecule has 1 saturated heterocycles. The fourth-order valence-electron chi connectivity index (χ4n) is 3.52. The SMILES string of the molecule is CCN(CC(=O)N1CC[NH+](CC)CC1)S(=O)(=O)c1ccc2ccccc2c1. The molecule has 0 atom stereocenters. The molecule has 146 valence electrons. The van der Waals surface area contributed by atoms with Crippen molar-refractivity contribution in [2.24, 2.45) is 0 Å². The Morgan fingerprint density at radius 2 is 1.74 bits per heavy atom. The van der Waals surface area contributed by atoms with E-state index in [1.54, 1.807) is 24.0 Å². The molecule has 0 bridgehead atoms. The number of sulfonamides is 1. The molecule has 1 aliphatic heterocycles. The van der Waals surface area contributed by atoms with Gasteiger partial charge in [-0.2, -0.15) is 4.31 Å². The van der Waals surface area contributed by atoms with Gasteiger partial charge in [-0.15, -0.1) is 0 Å². The minimum Gasteiger partial charge on any atom is -0.332 e. The summed E-state index contributed by atoms with van der Waals surface area (Å²) in [5, 5.41) is 1.87. The van der Waals surface area contributed by atoms with Gasteiger partial charge < -0.3 is 9.80 Å². The van der Waals surface area contributed by atoms with Crippen molar-refractivity contribution in [1.29, 1.82) is 0 Å². The van der Waals surface area contributed by atoms with Crippen LogP contribution in [-0.4, -0.2) is 69.3 Å². The maximum Gasteiger partial charge on any atom is 0.243 e. The molecular formula is C20H28N3O3S+. The molecule has 1 aliphatic rings. The fourth-order valence-corrected chi connectivity index (χ4v) is 4.95. The molecule has 7 heteroatoms. The number of amides is 1. The summed E-state index contributed by atoms with van der Waals surface area (Å²) in [6, 6.07) is 12.8. The maximum absolute atomic E-state index is 13.1. The van der Waals surface area contributed by atoms with Crippen molar-refractivity contribution in [3.63, 3.8) is 0 Å². The van der Waals surface area contributed by atoms with Crippen LogP contribution in [0.4, 0.5) is 0 Å². The molecule has 1 amide bonds. The molecule has 2 aromatic rings. The number of benzene rings is 2. The Kier molecular flexibility index (Phi) is 6.14. The Hall–Kier alpha value is -1.96. The zero-order valence-electron chi connectivity index (χ0n) is 16.0. The van der Waals surface area contributed by atoms with E-state index in [0.29, 0.717) is 13.1 Å². The molecule has 1 fully saturated rings. The normalized spacial score (nSPS) is 16.2. The highest BCUT2D eigenvalue weighted by atomic mass is 32.2. The lowest BCUT2D eigenvalue weighted by molar-refractivity contribution is -0.902. The van der Waals surface area contributed by atoms with Gasteiger partial charge >= 0.3 is 0 Å². The highest BCUT2D eigenvalue weighted by molar-refractivity contribution is 7.89. The van der Waals surface area contributed by atoms with Crippen LogP contribution < -0.4 is 4.90 Å². The minimum absolute atomic E-state index is 0.104. The van der Waals surface area contributed by atoms with Crippen molar-refractivity contribution in [2.45, 2.75) is 18.7 Å². The van der Waals surface area contributed by atoms with Gasteiger partial charge in [-0.05, 0) is 29.8 Å². The van der Waals surface area contributed by atoms with Crippen molar-refractivity contribution in [3.8, 4) is 0 Å². The zero-order chi connectivity index (χ0) is 19.4. The number of rotatable bonds is 6. The van der Waals surface area contributed by atoms with E-state index in [0.717, 1.165) is 30.4 Å². The molecule has 0 radical (unpaired) electrons. The summed E-state index contributed by atoms with van der Waals surface area (Å²) in [7, 11) is -3.71. The second-order valence-electron chi connectivity index (χ2n) is 6.92. The van der Waals surface area contributed by atoms with Crippen LogP contribution in [0.3, 0.4) is 0 Å². The second kappa shape index (κ2) is 8.37. The van der Waals surface area contributed by atoms with Gasteiger partial charge in [-0.1, -0.05) is 37.3 Å². The van der Waals surface area contributed by atoms with Gasteiger partial charge in [-0.25, -0.2) is 8.42 Å². The number of hydrogen-bond acceptors (Lipinski definition) is 3. The van der Waals surface area contributed by atoms with Gasteiger partial charge in [0.05, 0.1) is 44.2 Å². The third-order valence-corrected chi connectivity index (χ3v) is 7.26. The number of fused-ring (bicyclic) bond motifs is 1. The van der Waals surface area contributed by atoms with Gasteiger partial charge in [0.25, 0.3) is 0 Å². The van der Waals surface area contributed by atoms with E-state index in [4.69, 9.17) is 0 Å². The lowest BCUT2D eigenvalue weighted by atomic mass is 10.1. The number of nitrogens with one attached hydrogen (secondary N) is 1. The molecule has 0 saturated carbocycles. The molecule has 0 unspecified atom stereocenters. The summed E-state index contributed by atoms with van der Waals surface area (Å²) in [6.45, 7) is 8.35. The smallest absolute Gasteiger partial charge is 0.243 e. The third-order valence-electron chi connectivity index (χ3n) is 5.35. The van der Waals surface area contributed by atoms with Crippen LogP contribution in [0.2, 0.25) is 0 Å². The summed E-state index contributed by atoms with van der Waals surface area (Å²) in [4.78, 5) is 16.2. The molecule has 3 rings (SSSR count). The van der Waals surface area contributed by atoms with E-state index in [1.165, 1.54) is 9.21 Å². The molecular weight excluding hydrogens is 362 g/mol. The van der Waals surface area contributed by atoms with Gasteiger partial charge in [0, 0.05) is 6.54 Å². The lowest BCUT2D eigenvalue weighted by Crippen LogP contribution is -3.14. The zero-order valence-corrected chi connectivity index (χ0v) is 16.8. The molecule has 1 N–H and O–H groups in total. The predicted molar refractivity (Wildman–Crippen MR) is 106 cm³/mol. The van der Waals surface area contributed by atoms with E-state index in [9.17, 15) is 13.2 Å². The number of hydrogen-bond donors (Lipinski definition) is 1. The van der Waals surface area contributed by atoms with Crippen LogP contribution in [0.5, 0.6) is 0 Å². The van der Waals surface area contributed by atoms with Gasteiger partial charge in [-0.3, -0.25) is 4.79 Å². The van der Waals surface area contributed by atoms with Crippen molar-refractivity contribution in [3.05, 3.63) is 42.5 Å². The summed E-state index contributed by atoms with van der Waals surface area (Å²) >= 11 is 0. The van der Waals surface area contributed by atoms with Crippen LogP contribution in [0, 0.1) is 0 Å². The highest BCUT2D eigenvalue weighted by Gasteiger charge is 2.29. The molecule has 1 heterocycles.